The first kappa shape index (κ1) is 23.4. The zero-order valence-corrected chi connectivity index (χ0v) is 15.5. The number of nitrogens with two attached hydrogens (primary N) is 2. The quantitative estimate of drug-likeness (QED) is 0.220. The molecule has 0 radical (unpaired) electrons. The summed E-state index contributed by atoms with van der Waals surface area (Å²) in [5, 5.41) is 28.0. The zero-order chi connectivity index (χ0) is 20.1. The highest BCUT2D eigenvalue weighted by atomic mass is 16.6. The van der Waals surface area contributed by atoms with E-state index in [0.717, 1.165) is 29.8 Å². The van der Waals surface area contributed by atoms with Crippen LogP contribution in [0, 0.1) is 10.1 Å². The van der Waals surface area contributed by atoms with Crippen LogP contribution in [0.25, 0.3) is 0 Å². The van der Waals surface area contributed by atoms with Crippen LogP contribution < -0.4 is 11.5 Å². The third kappa shape index (κ3) is 9.65. The lowest BCUT2D eigenvalue weighted by atomic mass is 10.0. The molecule has 0 unspecified atom stereocenters. The fourth-order valence-corrected chi connectivity index (χ4v) is 2.15. The Labute approximate surface area is 154 Å². The Kier molecular flexibility index (Phi) is 11.5. The number of aliphatic hydroxyl groups excluding tert-OH is 2. The number of hydrogen-bond acceptors (Lipinski definition) is 7. The van der Waals surface area contributed by atoms with Gasteiger partial charge in [-0.15, -0.1) is 0 Å². The third-order valence-electron chi connectivity index (χ3n) is 3.68. The maximum atomic E-state index is 10.1. The van der Waals surface area contributed by atoms with Gasteiger partial charge in [0.05, 0.1) is 6.61 Å². The molecular weight excluding hydrogens is 336 g/mol. The lowest BCUT2D eigenvalue weighted by Crippen LogP contribution is -2.28. The van der Waals surface area contributed by atoms with Crippen LogP contribution >= 0.6 is 0 Å². The maximum absolute atomic E-state index is 10.1. The largest absolute Gasteiger partial charge is 0.402 e. The molecule has 0 amide bonds. The molecule has 26 heavy (non-hydrogen) atoms. The number of aliphatic hydroxyl groups is 2. The van der Waals surface area contributed by atoms with Crippen LogP contribution in [0.3, 0.4) is 0 Å². The lowest BCUT2D eigenvalue weighted by Gasteiger charge is -2.27. The molecule has 0 bridgehead atoms. The van der Waals surface area contributed by atoms with Crippen molar-refractivity contribution in [1.29, 1.82) is 0 Å². The van der Waals surface area contributed by atoms with E-state index < -0.39 is 0 Å². The van der Waals surface area contributed by atoms with Gasteiger partial charge >= 0.3 is 0 Å². The zero-order valence-electron chi connectivity index (χ0n) is 15.5. The van der Waals surface area contributed by atoms with Gasteiger partial charge in [-0.3, -0.25) is 10.1 Å². The summed E-state index contributed by atoms with van der Waals surface area (Å²) in [5.74, 6) is 0. The molecule has 0 saturated carbocycles. The Hall–Kier alpha value is -2.58. The first-order valence-corrected chi connectivity index (χ1v) is 8.27. The Morgan fingerprint density at radius 3 is 2.50 bits per heavy atom. The monoisotopic (exact) mass is 366 g/mol. The van der Waals surface area contributed by atoms with Crippen molar-refractivity contribution in [2.45, 2.75) is 26.7 Å². The molecule has 0 aromatic carbocycles. The van der Waals surface area contributed by atoms with E-state index in [2.05, 4.69) is 6.58 Å². The van der Waals surface area contributed by atoms with Gasteiger partial charge in [-0.2, -0.15) is 0 Å². The molecule has 0 aliphatic heterocycles. The number of nitro groups is 1. The molecule has 0 aromatic rings. The van der Waals surface area contributed by atoms with Crippen molar-refractivity contribution in [2.75, 3.05) is 26.4 Å². The van der Waals surface area contributed by atoms with Gasteiger partial charge in [0.15, 0.2) is 0 Å². The lowest BCUT2D eigenvalue weighted by molar-refractivity contribution is -0.470. The predicted molar refractivity (Wildman–Crippen MR) is 103 cm³/mol. The molecule has 1 rings (SSSR count). The second-order valence-corrected chi connectivity index (χ2v) is 5.74. The van der Waals surface area contributed by atoms with Gasteiger partial charge < -0.3 is 26.6 Å². The summed E-state index contributed by atoms with van der Waals surface area (Å²) in [4.78, 5) is 11.5. The summed E-state index contributed by atoms with van der Waals surface area (Å²) >= 11 is 0. The van der Waals surface area contributed by atoms with Crippen LogP contribution in [-0.4, -0.2) is 46.5 Å². The van der Waals surface area contributed by atoms with Crippen molar-refractivity contribution in [3.05, 3.63) is 69.2 Å². The summed E-state index contributed by atoms with van der Waals surface area (Å²) in [5.41, 5.74) is 15.0. The SMILES string of the molecule is C=C(N)/C=C\C(=C/C)C[N+](=O)[O-].CC1=C(N)CCC(N(CO)CCO)=C1. The van der Waals surface area contributed by atoms with Crippen molar-refractivity contribution in [2.24, 2.45) is 11.5 Å². The van der Waals surface area contributed by atoms with Gasteiger partial charge in [0.2, 0.25) is 6.54 Å². The minimum Gasteiger partial charge on any atom is -0.402 e. The minimum absolute atomic E-state index is 0.0517. The Morgan fingerprint density at radius 2 is 2.08 bits per heavy atom. The summed E-state index contributed by atoms with van der Waals surface area (Å²) < 4.78 is 0. The van der Waals surface area contributed by atoms with Crippen molar-refractivity contribution < 1.29 is 15.1 Å². The first-order chi connectivity index (χ1) is 12.2. The number of hydrogen-bond donors (Lipinski definition) is 4. The second kappa shape index (κ2) is 12.7. The van der Waals surface area contributed by atoms with E-state index in [1.807, 2.05) is 13.0 Å². The van der Waals surface area contributed by atoms with Crippen molar-refractivity contribution in [3.8, 4) is 0 Å². The van der Waals surface area contributed by atoms with E-state index in [0.29, 0.717) is 17.8 Å². The fourth-order valence-electron chi connectivity index (χ4n) is 2.15. The highest BCUT2D eigenvalue weighted by molar-refractivity contribution is 5.30. The molecule has 6 N–H and O–H groups in total. The Morgan fingerprint density at radius 1 is 1.42 bits per heavy atom. The maximum Gasteiger partial charge on any atom is 0.228 e. The molecule has 8 nitrogen and oxygen atoms in total. The summed E-state index contributed by atoms with van der Waals surface area (Å²) in [7, 11) is 0. The highest BCUT2D eigenvalue weighted by Gasteiger charge is 2.13. The normalized spacial score (nSPS) is 14.6. The second-order valence-electron chi connectivity index (χ2n) is 5.74. The number of nitrogens with zero attached hydrogens (tertiary/aromatic N) is 2. The Bertz CT molecular complexity index is 606. The number of rotatable bonds is 8. The van der Waals surface area contributed by atoms with Gasteiger partial charge in [0.1, 0.15) is 6.73 Å². The van der Waals surface area contributed by atoms with E-state index in [1.165, 1.54) is 0 Å². The van der Waals surface area contributed by atoms with Crippen LogP contribution in [0.5, 0.6) is 0 Å². The smallest absolute Gasteiger partial charge is 0.228 e. The molecule has 146 valence electrons. The molecule has 0 fully saturated rings. The van der Waals surface area contributed by atoms with E-state index >= 15 is 0 Å². The van der Waals surface area contributed by atoms with E-state index in [1.54, 1.807) is 30.1 Å². The van der Waals surface area contributed by atoms with E-state index in [-0.39, 0.29) is 24.8 Å². The standard InChI is InChI=1S/C10H18N2O2.C8H12N2O2/c1-8-6-9(2-3-10(8)11)12(7-14)4-5-13;1-3-8(6-10(11)12)5-4-7(2)9/h6,13-14H,2-5,7,11H2,1H3;3-5H,2,6,9H2,1H3/b;5-4-,8-3+. The first-order valence-electron chi connectivity index (χ1n) is 8.27. The van der Waals surface area contributed by atoms with Crippen LogP contribution in [0.4, 0.5) is 0 Å². The highest BCUT2D eigenvalue weighted by Crippen LogP contribution is 2.22. The molecule has 1 aliphatic carbocycles. The topological polar surface area (TPSA) is 139 Å². The minimum atomic E-state index is -0.390. The van der Waals surface area contributed by atoms with Crippen LogP contribution in [0.15, 0.2) is 59.1 Å². The predicted octanol–water partition coefficient (Wildman–Crippen LogP) is 1.38. The molecule has 0 saturated heterocycles. The van der Waals surface area contributed by atoms with Crippen LogP contribution in [0.1, 0.15) is 26.7 Å². The van der Waals surface area contributed by atoms with E-state index in [9.17, 15) is 10.1 Å². The van der Waals surface area contributed by atoms with Gasteiger partial charge in [0.25, 0.3) is 0 Å². The average molecular weight is 366 g/mol. The molecule has 0 aromatic heterocycles. The van der Waals surface area contributed by atoms with Gasteiger partial charge in [-0.25, -0.2) is 0 Å². The van der Waals surface area contributed by atoms with Crippen molar-refractivity contribution in [3.63, 3.8) is 0 Å². The molecular formula is C18H30N4O4. The van der Waals surface area contributed by atoms with Crippen molar-refractivity contribution >= 4 is 0 Å². The van der Waals surface area contributed by atoms with Crippen molar-refractivity contribution in [1.82, 2.24) is 4.90 Å². The van der Waals surface area contributed by atoms with Gasteiger partial charge in [0, 0.05) is 34.1 Å². The molecule has 0 atom stereocenters. The average Bonchev–Trinajstić information content (AvgIpc) is 2.59. The summed E-state index contributed by atoms with van der Waals surface area (Å²) in [6.45, 7) is 7.42. The molecule has 1 aliphatic rings. The fraction of sp³-hybridized carbons (Fsp3) is 0.444. The van der Waals surface area contributed by atoms with Gasteiger partial charge in [-0.1, -0.05) is 18.7 Å². The molecule has 8 heteroatoms. The molecule has 0 spiro atoms. The van der Waals surface area contributed by atoms with Crippen LogP contribution in [-0.2, 0) is 0 Å². The Balaban J connectivity index is 0.000000488. The summed E-state index contributed by atoms with van der Waals surface area (Å²) in [6, 6.07) is 0. The molecule has 0 heterocycles. The summed E-state index contributed by atoms with van der Waals surface area (Å²) in [6.07, 6.45) is 8.44. The van der Waals surface area contributed by atoms with Crippen LogP contribution in [0.2, 0.25) is 0 Å². The van der Waals surface area contributed by atoms with Gasteiger partial charge in [-0.05, 0) is 44.4 Å². The third-order valence-corrected chi connectivity index (χ3v) is 3.68. The number of allylic oxidation sites excluding steroid dienone is 6. The van der Waals surface area contributed by atoms with E-state index in [4.69, 9.17) is 21.7 Å².